The maximum Gasteiger partial charge on any atom is 0.306 e. The number of carbonyl (C=O) groups is 1. The fourth-order valence-corrected chi connectivity index (χ4v) is 1.17. The minimum absolute atomic E-state index is 0.144. The minimum atomic E-state index is -0.645. The summed E-state index contributed by atoms with van der Waals surface area (Å²) in [7, 11) is 0. The fourth-order valence-electron chi connectivity index (χ4n) is 1.17. The first-order chi connectivity index (χ1) is 5.09. The van der Waals surface area contributed by atoms with E-state index >= 15 is 0 Å². The molecule has 0 saturated heterocycles. The molecule has 1 N–H and O–H groups in total. The van der Waals surface area contributed by atoms with Gasteiger partial charge in [-0.15, -0.1) is 0 Å². The van der Waals surface area contributed by atoms with Crippen molar-refractivity contribution in [1.82, 2.24) is 0 Å². The topological polar surface area (TPSA) is 37.3 Å². The lowest BCUT2D eigenvalue weighted by Crippen LogP contribution is -2.19. The van der Waals surface area contributed by atoms with E-state index in [4.69, 9.17) is 5.11 Å². The second-order valence-electron chi connectivity index (χ2n) is 3.33. The van der Waals surface area contributed by atoms with Crippen LogP contribution < -0.4 is 0 Å². The molecule has 0 rings (SSSR count). The Kier molecular flexibility index (Phi) is 4.92. The van der Waals surface area contributed by atoms with Crippen LogP contribution in [0.1, 0.15) is 40.0 Å². The lowest BCUT2D eigenvalue weighted by atomic mass is 9.91. The maximum atomic E-state index is 10.6. The van der Waals surface area contributed by atoms with E-state index in [2.05, 4.69) is 6.92 Å². The maximum absolute atomic E-state index is 10.6. The number of hydrogen-bond donors (Lipinski definition) is 1. The molecule has 11 heavy (non-hydrogen) atoms. The molecule has 0 fully saturated rings. The molecule has 0 aromatic rings. The monoisotopic (exact) mass is 158 g/mol. The first-order valence-corrected chi connectivity index (χ1v) is 4.32. The molecule has 2 heteroatoms. The number of carboxylic acids is 1. The molecule has 66 valence electrons. The molecule has 0 bridgehead atoms. The van der Waals surface area contributed by atoms with Crippen molar-refractivity contribution >= 4 is 5.97 Å². The summed E-state index contributed by atoms with van der Waals surface area (Å²) in [6.45, 7) is 6.02. The molecule has 0 unspecified atom stereocenters. The van der Waals surface area contributed by atoms with Crippen molar-refractivity contribution < 1.29 is 9.90 Å². The Morgan fingerprint density at radius 3 is 2.27 bits per heavy atom. The molecule has 0 heterocycles. The van der Waals surface area contributed by atoms with Gasteiger partial charge in [0, 0.05) is 0 Å². The van der Waals surface area contributed by atoms with Crippen LogP contribution in [0, 0.1) is 11.8 Å². The molecule has 0 aromatic heterocycles. The van der Waals surface area contributed by atoms with Crippen molar-refractivity contribution in [3.05, 3.63) is 0 Å². The van der Waals surface area contributed by atoms with Gasteiger partial charge in [0.15, 0.2) is 0 Å². The standard InChI is InChI=1S/C9H18O2/c1-4-5-6-8(7(2)3)9(10)11/h7-8H,4-6H2,1-3H3,(H,10,11)/t8-/m1/s1. The number of unbranched alkanes of at least 4 members (excludes halogenated alkanes) is 1. The normalized spacial score (nSPS) is 13.5. The van der Waals surface area contributed by atoms with E-state index in [1.54, 1.807) is 0 Å². The Balaban J connectivity index is 3.80. The predicted octanol–water partition coefficient (Wildman–Crippen LogP) is 2.53. The lowest BCUT2D eigenvalue weighted by molar-refractivity contribution is -0.143. The van der Waals surface area contributed by atoms with E-state index in [1.165, 1.54) is 0 Å². The molecule has 0 aromatic carbocycles. The van der Waals surface area contributed by atoms with Crippen molar-refractivity contribution in [3.63, 3.8) is 0 Å². The smallest absolute Gasteiger partial charge is 0.306 e. The zero-order valence-corrected chi connectivity index (χ0v) is 7.63. The van der Waals surface area contributed by atoms with Crippen LogP contribution in [-0.4, -0.2) is 11.1 Å². The number of aliphatic carboxylic acids is 1. The summed E-state index contributed by atoms with van der Waals surface area (Å²) < 4.78 is 0. The van der Waals surface area contributed by atoms with Gasteiger partial charge in [-0.05, 0) is 12.3 Å². The van der Waals surface area contributed by atoms with Crippen molar-refractivity contribution in [1.29, 1.82) is 0 Å². The number of hydrogen-bond acceptors (Lipinski definition) is 1. The Hall–Kier alpha value is -0.530. The number of carboxylic acid groups (broad SMARTS) is 1. The average Bonchev–Trinajstić information content (AvgIpc) is 1.87. The van der Waals surface area contributed by atoms with Gasteiger partial charge in [0.25, 0.3) is 0 Å². The summed E-state index contributed by atoms with van der Waals surface area (Å²) in [4.78, 5) is 10.6. The summed E-state index contributed by atoms with van der Waals surface area (Å²) in [6.07, 6.45) is 2.93. The van der Waals surface area contributed by atoms with Crippen molar-refractivity contribution in [3.8, 4) is 0 Å². The summed E-state index contributed by atoms with van der Waals surface area (Å²) >= 11 is 0. The van der Waals surface area contributed by atoms with Gasteiger partial charge in [-0.2, -0.15) is 0 Å². The zero-order chi connectivity index (χ0) is 8.85. The summed E-state index contributed by atoms with van der Waals surface area (Å²) in [5.41, 5.74) is 0. The van der Waals surface area contributed by atoms with E-state index in [0.717, 1.165) is 19.3 Å². The molecular formula is C9H18O2. The molecule has 0 aliphatic heterocycles. The van der Waals surface area contributed by atoms with Crippen LogP contribution in [0.5, 0.6) is 0 Å². The highest BCUT2D eigenvalue weighted by Gasteiger charge is 2.19. The zero-order valence-electron chi connectivity index (χ0n) is 7.63. The molecule has 0 radical (unpaired) electrons. The van der Waals surface area contributed by atoms with E-state index in [1.807, 2.05) is 13.8 Å². The van der Waals surface area contributed by atoms with Gasteiger partial charge in [-0.3, -0.25) is 4.79 Å². The summed E-state index contributed by atoms with van der Waals surface area (Å²) in [6, 6.07) is 0. The summed E-state index contributed by atoms with van der Waals surface area (Å²) in [5.74, 6) is -0.526. The van der Waals surface area contributed by atoms with Crippen LogP contribution in [0.2, 0.25) is 0 Å². The van der Waals surface area contributed by atoms with Crippen LogP contribution in [0.3, 0.4) is 0 Å². The third-order valence-electron chi connectivity index (χ3n) is 1.99. The van der Waals surface area contributed by atoms with Crippen LogP contribution >= 0.6 is 0 Å². The first-order valence-electron chi connectivity index (χ1n) is 4.32. The minimum Gasteiger partial charge on any atom is -0.481 e. The van der Waals surface area contributed by atoms with Crippen molar-refractivity contribution in [2.24, 2.45) is 11.8 Å². The molecule has 0 aliphatic carbocycles. The number of rotatable bonds is 5. The van der Waals surface area contributed by atoms with Crippen LogP contribution in [0.4, 0.5) is 0 Å². The Labute approximate surface area is 68.6 Å². The lowest BCUT2D eigenvalue weighted by Gasteiger charge is -2.14. The van der Waals surface area contributed by atoms with Crippen LogP contribution in [-0.2, 0) is 4.79 Å². The van der Waals surface area contributed by atoms with Gasteiger partial charge in [0.05, 0.1) is 5.92 Å². The third-order valence-corrected chi connectivity index (χ3v) is 1.99. The largest absolute Gasteiger partial charge is 0.481 e. The highest BCUT2D eigenvalue weighted by molar-refractivity contribution is 5.70. The molecule has 0 spiro atoms. The Morgan fingerprint density at radius 1 is 1.45 bits per heavy atom. The van der Waals surface area contributed by atoms with Gasteiger partial charge in [-0.1, -0.05) is 33.6 Å². The van der Waals surface area contributed by atoms with Gasteiger partial charge >= 0.3 is 5.97 Å². The van der Waals surface area contributed by atoms with Gasteiger partial charge in [0.2, 0.25) is 0 Å². The molecule has 0 amide bonds. The first kappa shape index (κ1) is 10.5. The van der Waals surface area contributed by atoms with E-state index in [-0.39, 0.29) is 11.8 Å². The second-order valence-corrected chi connectivity index (χ2v) is 3.33. The molecular weight excluding hydrogens is 140 g/mol. The average molecular weight is 158 g/mol. The van der Waals surface area contributed by atoms with Crippen LogP contribution in [0.25, 0.3) is 0 Å². The highest BCUT2D eigenvalue weighted by Crippen LogP contribution is 2.17. The fraction of sp³-hybridized carbons (Fsp3) is 0.889. The molecule has 0 saturated carbocycles. The third kappa shape index (κ3) is 4.02. The Morgan fingerprint density at radius 2 is 2.00 bits per heavy atom. The second kappa shape index (κ2) is 5.16. The molecule has 1 atom stereocenters. The van der Waals surface area contributed by atoms with Crippen molar-refractivity contribution in [2.75, 3.05) is 0 Å². The summed E-state index contributed by atoms with van der Waals surface area (Å²) in [5, 5.41) is 8.77. The van der Waals surface area contributed by atoms with Gasteiger partial charge < -0.3 is 5.11 Å². The van der Waals surface area contributed by atoms with Crippen molar-refractivity contribution in [2.45, 2.75) is 40.0 Å². The quantitative estimate of drug-likeness (QED) is 0.667. The van der Waals surface area contributed by atoms with Gasteiger partial charge in [0.1, 0.15) is 0 Å². The highest BCUT2D eigenvalue weighted by atomic mass is 16.4. The van der Waals surface area contributed by atoms with E-state index in [9.17, 15) is 4.79 Å². The molecule has 2 nitrogen and oxygen atoms in total. The molecule has 0 aliphatic rings. The van der Waals surface area contributed by atoms with Gasteiger partial charge in [-0.25, -0.2) is 0 Å². The SMILES string of the molecule is CCCC[C@@H](C(=O)O)C(C)C. The van der Waals surface area contributed by atoms with E-state index in [0.29, 0.717) is 0 Å². The Bertz CT molecular complexity index is 119. The predicted molar refractivity (Wildman–Crippen MR) is 45.5 cm³/mol. The van der Waals surface area contributed by atoms with Crippen LogP contribution in [0.15, 0.2) is 0 Å². The van der Waals surface area contributed by atoms with E-state index < -0.39 is 5.97 Å².